The third kappa shape index (κ3) is 2.09. The van der Waals surface area contributed by atoms with Gasteiger partial charge in [-0.3, -0.25) is 0 Å². The Morgan fingerprint density at radius 2 is 1.95 bits per heavy atom. The van der Waals surface area contributed by atoms with E-state index < -0.39 is 11.6 Å². The molecule has 0 radical (unpaired) electrons. The highest BCUT2D eigenvalue weighted by Gasteiger charge is 2.22. The smallest absolute Gasteiger partial charge is 0.131 e. The molecule has 0 aliphatic carbocycles. The van der Waals surface area contributed by atoms with Crippen molar-refractivity contribution in [2.45, 2.75) is 26.3 Å². The first-order valence-electron chi connectivity index (χ1n) is 6.36. The Balaban J connectivity index is 2.11. The zero-order chi connectivity index (χ0) is 13.6. The molecule has 0 spiro atoms. The lowest BCUT2D eigenvalue weighted by atomic mass is 10.0. The molecule has 1 atom stereocenters. The second-order valence-corrected chi connectivity index (χ2v) is 5.17. The molecule has 19 heavy (non-hydrogen) atoms. The molecule has 1 unspecified atom stereocenters. The van der Waals surface area contributed by atoms with Crippen molar-refractivity contribution in [1.82, 2.24) is 9.55 Å². The number of aromatic nitrogens is 2. The number of nitrogens with two attached hydrogens (primary N) is 1. The number of rotatable bonds is 1. The molecule has 100 valence electrons. The number of hydrogen-bond acceptors (Lipinski definition) is 2. The van der Waals surface area contributed by atoms with Crippen LogP contribution in [-0.4, -0.2) is 9.55 Å². The number of benzene rings is 1. The minimum atomic E-state index is -0.617. The number of imidazole rings is 1. The van der Waals surface area contributed by atoms with Gasteiger partial charge in [0, 0.05) is 24.6 Å². The van der Waals surface area contributed by atoms with E-state index in [1.807, 2.05) is 4.57 Å². The second-order valence-electron chi connectivity index (χ2n) is 5.17. The fraction of sp³-hybridized carbons (Fsp3) is 0.357. The number of anilines is 1. The number of hydrogen-bond donors (Lipinski definition) is 1. The molecular weight excluding hydrogens is 248 g/mol. The highest BCUT2D eigenvalue weighted by Crippen LogP contribution is 2.31. The first-order valence-corrected chi connectivity index (χ1v) is 6.36. The molecule has 0 bridgehead atoms. The molecule has 0 amide bonds. The molecule has 1 aromatic carbocycles. The number of fused-ring (bicyclic) bond motifs is 1. The third-order valence-electron chi connectivity index (χ3n) is 3.58. The van der Waals surface area contributed by atoms with Gasteiger partial charge in [-0.2, -0.15) is 0 Å². The number of nitrogens with zero attached hydrogens (tertiary/aromatic N) is 2. The average Bonchev–Trinajstić information content (AvgIpc) is 2.66. The average molecular weight is 263 g/mol. The van der Waals surface area contributed by atoms with E-state index in [0.717, 1.165) is 31.3 Å². The molecule has 1 aliphatic rings. The van der Waals surface area contributed by atoms with E-state index in [9.17, 15) is 8.78 Å². The molecular formula is C14H15F2N3. The predicted molar refractivity (Wildman–Crippen MR) is 69.5 cm³/mol. The Hall–Kier alpha value is -1.91. The van der Waals surface area contributed by atoms with E-state index in [1.165, 1.54) is 12.1 Å². The van der Waals surface area contributed by atoms with Crippen molar-refractivity contribution in [2.24, 2.45) is 5.92 Å². The minimum Gasteiger partial charge on any atom is -0.383 e. The molecule has 1 aromatic heterocycles. The molecule has 2 heterocycles. The van der Waals surface area contributed by atoms with Gasteiger partial charge in [0.1, 0.15) is 29.0 Å². The molecule has 1 aliphatic heterocycles. The Bertz CT molecular complexity index is 614. The van der Waals surface area contributed by atoms with Crippen LogP contribution < -0.4 is 5.73 Å². The summed E-state index contributed by atoms with van der Waals surface area (Å²) in [7, 11) is 0. The standard InChI is InChI=1S/C14H15F2N3/c1-8-2-3-12-18-13(14(17)19(12)7-8)9-4-10(15)6-11(16)5-9/h4-6,8H,2-3,7,17H2,1H3. The maximum absolute atomic E-state index is 13.3. The van der Waals surface area contributed by atoms with Crippen LogP contribution >= 0.6 is 0 Å². The highest BCUT2D eigenvalue weighted by molar-refractivity contribution is 5.71. The van der Waals surface area contributed by atoms with Crippen LogP contribution in [0.2, 0.25) is 0 Å². The van der Waals surface area contributed by atoms with Gasteiger partial charge in [0.2, 0.25) is 0 Å². The van der Waals surface area contributed by atoms with Crippen LogP contribution in [-0.2, 0) is 13.0 Å². The van der Waals surface area contributed by atoms with Crippen molar-refractivity contribution < 1.29 is 8.78 Å². The van der Waals surface area contributed by atoms with Gasteiger partial charge in [-0.05, 0) is 24.5 Å². The van der Waals surface area contributed by atoms with Crippen molar-refractivity contribution in [1.29, 1.82) is 0 Å². The lowest BCUT2D eigenvalue weighted by Crippen LogP contribution is -2.19. The third-order valence-corrected chi connectivity index (χ3v) is 3.58. The summed E-state index contributed by atoms with van der Waals surface area (Å²) in [6, 6.07) is 3.37. The van der Waals surface area contributed by atoms with Gasteiger partial charge in [0.15, 0.2) is 0 Å². The second kappa shape index (κ2) is 4.33. The van der Waals surface area contributed by atoms with E-state index in [1.54, 1.807) is 0 Å². The van der Waals surface area contributed by atoms with E-state index in [2.05, 4.69) is 11.9 Å². The SMILES string of the molecule is CC1CCc2nc(-c3cc(F)cc(F)c3)c(N)n2C1. The summed E-state index contributed by atoms with van der Waals surface area (Å²) >= 11 is 0. The van der Waals surface area contributed by atoms with Gasteiger partial charge in [-0.15, -0.1) is 0 Å². The maximum Gasteiger partial charge on any atom is 0.131 e. The monoisotopic (exact) mass is 263 g/mol. The summed E-state index contributed by atoms with van der Waals surface area (Å²) in [6.45, 7) is 2.97. The fourth-order valence-corrected chi connectivity index (χ4v) is 2.59. The molecule has 0 saturated carbocycles. The lowest BCUT2D eigenvalue weighted by molar-refractivity contribution is 0.397. The van der Waals surface area contributed by atoms with Gasteiger partial charge in [0.25, 0.3) is 0 Å². The molecule has 5 heteroatoms. The van der Waals surface area contributed by atoms with E-state index in [4.69, 9.17) is 5.73 Å². The normalized spacial score (nSPS) is 18.4. The zero-order valence-corrected chi connectivity index (χ0v) is 10.7. The molecule has 0 fully saturated rings. The van der Waals surface area contributed by atoms with Gasteiger partial charge in [-0.1, -0.05) is 6.92 Å². The Labute approximate surface area is 110 Å². The summed E-state index contributed by atoms with van der Waals surface area (Å²) < 4.78 is 28.5. The van der Waals surface area contributed by atoms with Crippen LogP contribution in [0.4, 0.5) is 14.6 Å². The Kier molecular flexibility index (Phi) is 2.77. The van der Waals surface area contributed by atoms with Crippen LogP contribution in [0.5, 0.6) is 0 Å². The van der Waals surface area contributed by atoms with Gasteiger partial charge < -0.3 is 10.3 Å². The first kappa shape index (κ1) is 12.1. The summed E-state index contributed by atoms with van der Waals surface area (Å²) in [6.07, 6.45) is 1.91. The van der Waals surface area contributed by atoms with Crippen molar-refractivity contribution in [3.63, 3.8) is 0 Å². The van der Waals surface area contributed by atoms with Crippen molar-refractivity contribution in [3.05, 3.63) is 35.7 Å². The van der Waals surface area contributed by atoms with Crippen LogP contribution in [0.3, 0.4) is 0 Å². The summed E-state index contributed by atoms with van der Waals surface area (Å²) in [5, 5.41) is 0. The van der Waals surface area contributed by atoms with Gasteiger partial charge in [-0.25, -0.2) is 13.8 Å². The van der Waals surface area contributed by atoms with Gasteiger partial charge >= 0.3 is 0 Å². The van der Waals surface area contributed by atoms with Crippen molar-refractivity contribution in [3.8, 4) is 11.3 Å². The highest BCUT2D eigenvalue weighted by atomic mass is 19.1. The van der Waals surface area contributed by atoms with Gasteiger partial charge in [0.05, 0.1) is 0 Å². The number of halogens is 2. The summed E-state index contributed by atoms with van der Waals surface area (Å²) in [5.41, 5.74) is 6.94. The molecule has 3 rings (SSSR count). The van der Waals surface area contributed by atoms with E-state index in [0.29, 0.717) is 23.0 Å². The first-order chi connectivity index (χ1) is 9.04. The Morgan fingerprint density at radius 3 is 2.63 bits per heavy atom. The van der Waals surface area contributed by atoms with E-state index >= 15 is 0 Å². The van der Waals surface area contributed by atoms with Crippen LogP contribution in [0.15, 0.2) is 18.2 Å². The molecule has 2 N–H and O–H groups in total. The molecule has 0 saturated heterocycles. The summed E-state index contributed by atoms with van der Waals surface area (Å²) in [5.74, 6) is 0.699. The number of aryl methyl sites for hydroxylation is 1. The van der Waals surface area contributed by atoms with Crippen molar-refractivity contribution in [2.75, 3.05) is 5.73 Å². The molecule has 3 nitrogen and oxygen atoms in total. The zero-order valence-electron chi connectivity index (χ0n) is 10.7. The van der Waals surface area contributed by atoms with Crippen LogP contribution in [0.1, 0.15) is 19.2 Å². The lowest BCUT2D eigenvalue weighted by Gasteiger charge is -2.20. The van der Waals surface area contributed by atoms with E-state index in [-0.39, 0.29) is 0 Å². The quantitative estimate of drug-likeness (QED) is 0.859. The number of nitrogen functional groups attached to an aromatic ring is 1. The molecule has 2 aromatic rings. The predicted octanol–water partition coefficient (Wildman–Crippen LogP) is 2.99. The minimum absolute atomic E-state index is 0.393. The fourth-order valence-electron chi connectivity index (χ4n) is 2.59. The maximum atomic E-state index is 13.3. The van der Waals surface area contributed by atoms with Crippen LogP contribution in [0.25, 0.3) is 11.3 Å². The largest absolute Gasteiger partial charge is 0.383 e. The van der Waals surface area contributed by atoms with Crippen molar-refractivity contribution >= 4 is 5.82 Å². The summed E-state index contributed by atoms with van der Waals surface area (Å²) in [4.78, 5) is 4.44. The van der Waals surface area contributed by atoms with Crippen LogP contribution in [0, 0.1) is 17.6 Å². The topological polar surface area (TPSA) is 43.8 Å². The Morgan fingerprint density at radius 1 is 1.26 bits per heavy atom.